The normalized spacial score (nSPS) is 18.4. The van der Waals surface area contributed by atoms with Crippen molar-refractivity contribution in [3.8, 4) is 17.6 Å². The molecule has 0 unspecified atom stereocenters. The number of para-hydroxylation sites is 1. The topological polar surface area (TPSA) is 52.6 Å². The predicted molar refractivity (Wildman–Crippen MR) is 102 cm³/mol. The van der Waals surface area contributed by atoms with Crippen LogP contribution in [0.1, 0.15) is 43.4 Å². The van der Waals surface area contributed by atoms with Gasteiger partial charge in [0.25, 0.3) is 0 Å². The first-order valence-corrected chi connectivity index (χ1v) is 8.97. The molecule has 0 N–H and O–H groups in total. The third kappa shape index (κ3) is 4.23. The highest BCUT2D eigenvalue weighted by molar-refractivity contribution is 5.99. The summed E-state index contributed by atoms with van der Waals surface area (Å²) in [6.45, 7) is 7.00. The van der Waals surface area contributed by atoms with Gasteiger partial charge in [0, 0.05) is 11.1 Å². The van der Waals surface area contributed by atoms with Crippen molar-refractivity contribution < 1.29 is 23.5 Å². The van der Waals surface area contributed by atoms with Crippen molar-refractivity contribution >= 4 is 11.9 Å². The zero-order valence-corrected chi connectivity index (χ0v) is 16.2. The van der Waals surface area contributed by atoms with Gasteiger partial charge >= 0.3 is 11.9 Å². The van der Waals surface area contributed by atoms with Crippen LogP contribution in [0.2, 0.25) is 0 Å². The number of carbonyl (C=O) groups is 2. The van der Waals surface area contributed by atoms with Crippen molar-refractivity contribution in [2.75, 3.05) is 0 Å². The van der Waals surface area contributed by atoms with Gasteiger partial charge in [-0.15, -0.1) is 0 Å². The summed E-state index contributed by atoms with van der Waals surface area (Å²) >= 11 is 0. The first kappa shape index (κ1) is 19.6. The van der Waals surface area contributed by atoms with E-state index < -0.39 is 35.2 Å². The number of ether oxygens (including phenoxy) is 2. The molecule has 0 radical (unpaired) electrons. The van der Waals surface area contributed by atoms with E-state index in [1.165, 1.54) is 12.1 Å². The summed E-state index contributed by atoms with van der Waals surface area (Å²) in [7, 11) is 0. The Bertz CT molecular complexity index is 992. The van der Waals surface area contributed by atoms with Gasteiger partial charge in [-0.25, -0.2) is 4.39 Å². The molecule has 3 rings (SSSR count). The molecule has 1 aliphatic rings. The van der Waals surface area contributed by atoms with Crippen LogP contribution in [0.15, 0.2) is 42.5 Å². The molecular weight excluding hydrogens is 359 g/mol. The Morgan fingerprint density at radius 3 is 2.57 bits per heavy atom. The number of halogens is 1. The van der Waals surface area contributed by atoms with E-state index in [0.717, 1.165) is 5.56 Å². The highest BCUT2D eigenvalue weighted by atomic mass is 19.1. The molecule has 0 aromatic heterocycles. The van der Waals surface area contributed by atoms with Crippen molar-refractivity contribution in [1.29, 1.82) is 0 Å². The van der Waals surface area contributed by atoms with E-state index in [1.54, 1.807) is 39.0 Å². The third-order valence-corrected chi connectivity index (χ3v) is 4.22. The van der Waals surface area contributed by atoms with Gasteiger partial charge in [-0.2, -0.15) is 0 Å². The molecule has 1 heterocycles. The lowest BCUT2D eigenvalue weighted by atomic mass is 9.82. The van der Waals surface area contributed by atoms with Crippen LogP contribution in [0.4, 0.5) is 4.39 Å². The van der Waals surface area contributed by atoms with E-state index in [4.69, 9.17) is 9.47 Å². The fraction of sp³-hybridized carbons (Fsp3) is 0.304. The van der Waals surface area contributed by atoms with E-state index in [-0.39, 0.29) is 0 Å². The maximum Gasteiger partial charge on any atom is 0.327 e. The first-order chi connectivity index (χ1) is 13.2. The molecule has 5 heteroatoms. The molecule has 0 spiro atoms. The first-order valence-electron chi connectivity index (χ1n) is 8.97. The lowest BCUT2D eigenvalue weighted by Gasteiger charge is -2.30. The summed E-state index contributed by atoms with van der Waals surface area (Å²) in [5.74, 6) is 2.50. The van der Waals surface area contributed by atoms with Gasteiger partial charge in [-0.05, 0) is 51.5 Å². The molecule has 2 aromatic rings. The number of hydrogen-bond donors (Lipinski definition) is 0. The molecule has 4 nitrogen and oxygen atoms in total. The summed E-state index contributed by atoms with van der Waals surface area (Å²) in [4.78, 5) is 25.4. The van der Waals surface area contributed by atoms with Crippen LogP contribution in [-0.4, -0.2) is 17.5 Å². The summed E-state index contributed by atoms with van der Waals surface area (Å²) in [6.07, 6.45) is 0. The van der Waals surface area contributed by atoms with Crippen LogP contribution in [0.5, 0.6) is 5.75 Å². The molecule has 144 valence electrons. The van der Waals surface area contributed by atoms with E-state index in [1.807, 2.05) is 19.1 Å². The molecule has 0 amide bonds. The standard InChI is InChI=1S/C23H21FO4/c1-14-7-5-10-18-17(12-11-15-8-6-9-16(24)13-15)19(21(25)27-20(14)18)22(26)28-23(2,3)4/h5-10,13,17,19H,1-4H3/t17-,19+/m1/s1. The van der Waals surface area contributed by atoms with Crippen molar-refractivity contribution in [3.05, 3.63) is 65.0 Å². The van der Waals surface area contributed by atoms with E-state index >= 15 is 0 Å². The maximum atomic E-state index is 13.5. The van der Waals surface area contributed by atoms with Gasteiger partial charge in [0.05, 0.1) is 5.92 Å². The van der Waals surface area contributed by atoms with Gasteiger partial charge in [0.15, 0.2) is 5.92 Å². The fourth-order valence-electron chi connectivity index (χ4n) is 3.03. The number of esters is 2. The SMILES string of the molecule is Cc1cccc2c1OC(=O)[C@@H](C(=O)OC(C)(C)C)[C@@H]2C#Cc1cccc(F)c1. The van der Waals surface area contributed by atoms with Crippen molar-refractivity contribution in [1.82, 2.24) is 0 Å². The fourth-order valence-corrected chi connectivity index (χ4v) is 3.03. The number of fused-ring (bicyclic) bond motifs is 1. The number of hydrogen-bond acceptors (Lipinski definition) is 4. The summed E-state index contributed by atoms with van der Waals surface area (Å²) in [5, 5.41) is 0. The molecule has 28 heavy (non-hydrogen) atoms. The van der Waals surface area contributed by atoms with Crippen LogP contribution in [0.3, 0.4) is 0 Å². The van der Waals surface area contributed by atoms with Crippen molar-refractivity contribution in [2.45, 2.75) is 39.2 Å². The predicted octanol–water partition coefficient (Wildman–Crippen LogP) is 4.15. The molecule has 1 aliphatic heterocycles. The molecule has 0 bridgehead atoms. The average molecular weight is 380 g/mol. The molecule has 0 fully saturated rings. The molecule has 0 aliphatic carbocycles. The highest BCUT2D eigenvalue weighted by Crippen LogP contribution is 2.40. The minimum atomic E-state index is -1.21. The van der Waals surface area contributed by atoms with Gasteiger partial charge in [-0.1, -0.05) is 36.1 Å². The highest BCUT2D eigenvalue weighted by Gasteiger charge is 2.44. The molecule has 2 atom stereocenters. The van der Waals surface area contributed by atoms with Crippen LogP contribution < -0.4 is 4.74 Å². The van der Waals surface area contributed by atoms with Crippen LogP contribution in [-0.2, 0) is 14.3 Å². The minimum Gasteiger partial charge on any atom is -0.459 e. The number of aryl methyl sites for hydroxylation is 1. The summed E-state index contributed by atoms with van der Waals surface area (Å²) < 4.78 is 24.3. The summed E-state index contributed by atoms with van der Waals surface area (Å²) in [5.41, 5.74) is 1.10. The average Bonchev–Trinajstić information content (AvgIpc) is 2.58. The van der Waals surface area contributed by atoms with Crippen molar-refractivity contribution in [3.63, 3.8) is 0 Å². The van der Waals surface area contributed by atoms with Crippen LogP contribution in [0, 0.1) is 30.5 Å². The Hall–Kier alpha value is -3.13. The number of rotatable bonds is 1. The van der Waals surface area contributed by atoms with Crippen LogP contribution in [0.25, 0.3) is 0 Å². The summed E-state index contributed by atoms with van der Waals surface area (Å²) in [6, 6.07) is 11.2. The Labute approximate surface area is 163 Å². The van der Waals surface area contributed by atoms with Crippen molar-refractivity contribution in [2.24, 2.45) is 5.92 Å². The third-order valence-electron chi connectivity index (χ3n) is 4.22. The van der Waals surface area contributed by atoms with Gasteiger partial charge in [-0.3, -0.25) is 9.59 Å². The largest absolute Gasteiger partial charge is 0.459 e. The van der Waals surface area contributed by atoms with Gasteiger partial charge in [0.1, 0.15) is 17.2 Å². The monoisotopic (exact) mass is 380 g/mol. The van der Waals surface area contributed by atoms with Gasteiger partial charge < -0.3 is 9.47 Å². The molecule has 2 aromatic carbocycles. The smallest absolute Gasteiger partial charge is 0.327 e. The lowest BCUT2D eigenvalue weighted by Crippen LogP contribution is -2.40. The second-order valence-corrected chi connectivity index (χ2v) is 7.68. The molecule has 0 saturated heterocycles. The Morgan fingerprint density at radius 2 is 1.89 bits per heavy atom. The zero-order valence-electron chi connectivity index (χ0n) is 16.2. The van der Waals surface area contributed by atoms with E-state index in [0.29, 0.717) is 16.9 Å². The Balaban J connectivity index is 2.08. The number of benzene rings is 2. The number of carbonyl (C=O) groups excluding carboxylic acids is 2. The Morgan fingerprint density at radius 1 is 1.18 bits per heavy atom. The second kappa shape index (κ2) is 7.47. The van der Waals surface area contributed by atoms with Crippen LogP contribution >= 0.6 is 0 Å². The quantitative estimate of drug-likeness (QED) is 0.323. The van der Waals surface area contributed by atoms with E-state index in [9.17, 15) is 14.0 Å². The maximum absolute atomic E-state index is 13.5. The second-order valence-electron chi connectivity index (χ2n) is 7.68. The van der Waals surface area contributed by atoms with Gasteiger partial charge in [0.2, 0.25) is 0 Å². The van der Waals surface area contributed by atoms with E-state index in [2.05, 4.69) is 11.8 Å². The lowest BCUT2D eigenvalue weighted by molar-refractivity contribution is -0.167. The molecule has 0 saturated carbocycles. The zero-order chi connectivity index (χ0) is 20.5. The molecular formula is C23H21FO4. The minimum absolute atomic E-state index is 0.408. The Kier molecular flexibility index (Phi) is 5.24.